The van der Waals surface area contributed by atoms with E-state index in [1.807, 2.05) is 43.6 Å². The first-order valence-corrected chi connectivity index (χ1v) is 10.4. The minimum atomic E-state index is -2.91. The third-order valence-corrected chi connectivity index (χ3v) is 8.80. The lowest BCUT2D eigenvalue weighted by atomic mass is 9.82. The van der Waals surface area contributed by atoms with Gasteiger partial charge in [0, 0.05) is 6.54 Å². The molecule has 1 heterocycles. The van der Waals surface area contributed by atoms with E-state index in [2.05, 4.69) is 22.9 Å². The van der Waals surface area contributed by atoms with Crippen molar-refractivity contribution in [3.8, 4) is 0 Å². The summed E-state index contributed by atoms with van der Waals surface area (Å²) in [4.78, 5) is 0. The molecule has 0 radical (unpaired) electrons. The van der Waals surface area contributed by atoms with Gasteiger partial charge in [-0.3, -0.25) is 4.57 Å². The number of hydrogen-bond donors (Lipinski definition) is 1. The average molecular weight is 351 g/mol. The van der Waals surface area contributed by atoms with Crippen LogP contribution in [-0.2, 0) is 11.0 Å². The Labute approximate surface area is 145 Å². The molecule has 1 aliphatic heterocycles. The zero-order chi connectivity index (χ0) is 17.5. The van der Waals surface area contributed by atoms with Gasteiger partial charge in [-0.15, -0.1) is 0 Å². The van der Waals surface area contributed by atoms with Crippen molar-refractivity contribution >= 4 is 7.59 Å². The van der Waals surface area contributed by atoms with Crippen LogP contribution in [0.4, 0.5) is 0 Å². The number of fused-ring (bicyclic) bond motifs is 1. The molecule has 0 spiro atoms. The van der Waals surface area contributed by atoms with Gasteiger partial charge in [-0.05, 0) is 58.6 Å². The Morgan fingerprint density at radius 3 is 2.29 bits per heavy atom. The maximum absolute atomic E-state index is 14.0. The lowest BCUT2D eigenvalue weighted by Gasteiger charge is -2.50. The van der Waals surface area contributed by atoms with Crippen molar-refractivity contribution in [2.24, 2.45) is 0 Å². The van der Waals surface area contributed by atoms with Crippen LogP contribution in [0.2, 0.25) is 0 Å². The number of benzene rings is 1. The molecule has 0 amide bonds. The highest BCUT2D eigenvalue weighted by molar-refractivity contribution is 7.56. The van der Waals surface area contributed by atoms with E-state index in [1.54, 1.807) is 0 Å². The predicted octanol–water partition coefficient (Wildman–Crippen LogP) is 3.12. The van der Waals surface area contributed by atoms with Crippen molar-refractivity contribution in [3.05, 3.63) is 35.4 Å². The van der Waals surface area contributed by atoms with Crippen molar-refractivity contribution in [2.75, 3.05) is 34.7 Å². The molecule has 1 N–H and O–H groups in total. The highest BCUT2D eigenvalue weighted by Crippen LogP contribution is 2.61. The van der Waals surface area contributed by atoms with Crippen molar-refractivity contribution in [1.29, 1.82) is 0 Å². The summed E-state index contributed by atoms with van der Waals surface area (Å²) in [6.07, 6.45) is 4.51. The Balaban J connectivity index is 2.14. The van der Waals surface area contributed by atoms with E-state index >= 15 is 0 Å². The highest BCUT2D eigenvalue weighted by Gasteiger charge is 2.52. The van der Waals surface area contributed by atoms with Crippen LogP contribution >= 0.6 is 7.59 Å². The monoisotopic (exact) mass is 351 g/mol. The molecule has 1 fully saturated rings. The van der Waals surface area contributed by atoms with E-state index in [0.29, 0.717) is 6.54 Å². The number of rotatable bonds is 4. The summed E-state index contributed by atoms with van der Waals surface area (Å²) in [6, 6.07) is 8.14. The molecule has 0 aromatic heterocycles. The Bertz CT molecular complexity index is 629. The van der Waals surface area contributed by atoms with Crippen molar-refractivity contribution < 1.29 is 9.67 Å². The van der Waals surface area contributed by atoms with Crippen LogP contribution in [0.3, 0.4) is 0 Å². The molecule has 0 saturated heterocycles. The first-order chi connectivity index (χ1) is 11.3. The molecule has 6 heteroatoms. The van der Waals surface area contributed by atoms with Crippen LogP contribution in [-0.4, -0.2) is 59.5 Å². The standard InChI is InChI=1S/C18H30N3O2P/c1-19(2)24(23,20(3)4)21-14-11-15-9-5-6-10-16(15)17(21)18(22)12-7-8-13-18/h5-6,9-10,17,22H,7-8,11-14H2,1-4H3. The Kier molecular flexibility index (Phi) is 4.93. The predicted molar refractivity (Wildman–Crippen MR) is 98.0 cm³/mol. The lowest BCUT2D eigenvalue weighted by molar-refractivity contribution is -0.0269. The zero-order valence-corrected chi connectivity index (χ0v) is 16.2. The summed E-state index contributed by atoms with van der Waals surface area (Å²) in [6.45, 7) is 0.706. The number of nitrogens with zero attached hydrogens (tertiary/aromatic N) is 3. The van der Waals surface area contributed by atoms with Gasteiger partial charge in [0.15, 0.2) is 0 Å². The van der Waals surface area contributed by atoms with E-state index < -0.39 is 13.2 Å². The van der Waals surface area contributed by atoms with Gasteiger partial charge in [0.2, 0.25) is 0 Å². The number of aliphatic hydroxyl groups is 1. The van der Waals surface area contributed by atoms with Crippen LogP contribution in [0, 0.1) is 0 Å². The smallest absolute Gasteiger partial charge is 0.286 e. The van der Waals surface area contributed by atoms with Crippen molar-refractivity contribution in [2.45, 2.75) is 43.7 Å². The van der Waals surface area contributed by atoms with Gasteiger partial charge in [-0.1, -0.05) is 37.1 Å². The topological polar surface area (TPSA) is 47.0 Å². The fraction of sp³-hybridized carbons (Fsp3) is 0.667. The molecule has 134 valence electrons. The summed E-state index contributed by atoms with van der Waals surface area (Å²) in [7, 11) is 4.58. The largest absolute Gasteiger partial charge is 0.388 e. The van der Waals surface area contributed by atoms with Crippen LogP contribution in [0.25, 0.3) is 0 Å². The highest BCUT2D eigenvalue weighted by atomic mass is 31.2. The second kappa shape index (κ2) is 6.54. The van der Waals surface area contributed by atoms with Gasteiger partial charge in [0.1, 0.15) is 0 Å². The molecule has 24 heavy (non-hydrogen) atoms. The minimum Gasteiger partial charge on any atom is -0.388 e. The van der Waals surface area contributed by atoms with Gasteiger partial charge in [-0.2, -0.15) is 0 Å². The first kappa shape index (κ1) is 18.1. The lowest BCUT2D eigenvalue weighted by Crippen LogP contribution is -2.49. The Hall–Kier alpha value is -0.710. The van der Waals surface area contributed by atoms with Crippen molar-refractivity contribution in [3.63, 3.8) is 0 Å². The zero-order valence-electron chi connectivity index (χ0n) is 15.3. The summed E-state index contributed by atoms with van der Waals surface area (Å²) in [5, 5.41) is 11.5. The molecule has 1 aliphatic carbocycles. The molecular formula is C18H30N3O2P. The van der Waals surface area contributed by atoms with Gasteiger partial charge in [0.25, 0.3) is 7.59 Å². The molecule has 1 aromatic carbocycles. The second-order valence-electron chi connectivity index (χ2n) is 7.53. The molecule has 5 nitrogen and oxygen atoms in total. The van der Waals surface area contributed by atoms with Gasteiger partial charge in [-0.25, -0.2) is 14.0 Å². The molecular weight excluding hydrogens is 321 g/mol. The third kappa shape index (κ3) is 2.77. The Morgan fingerprint density at radius 1 is 1.12 bits per heavy atom. The van der Waals surface area contributed by atoms with Gasteiger partial charge >= 0.3 is 0 Å². The molecule has 2 aliphatic rings. The second-order valence-corrected chi connectivity index (χ2v) is 10.7. The van der Waals surface area contributed by atoms with E-state index in [-0.39, 0.29) is 6.04 Å². The van der Waals surface area contributed by atoms with Crippen LogP contribution in [0.15, 0.2) is 24.3 Å². The fourth-order valence-corrected chi connectivity index (χ4v) is 7.11. The summed E-state index contributed by atoms with van der Waals surface area (Å²) in [5.41, 5.74) is 1.64. The summed E-state index contributed by atoms with van der Waals surface area (Å²) < 4.78 is 19.7. The van der Waals surface area contributed by atoms with Gasteiger partial charge < -0.3 is 5.11 Å². The van der Waals surface area contributed by atoms with E-state index in [4.69, 9.17) is 0 Å². The minimum absolute atomic E-state index is 0.208. The molecule has 1 aromatic rings. The van der Waals surface area contributed by atoms with Crippen LogP contribution in [0.1, 0.15) is 42.9 Å². The van der Waals surface area contributed by atoms with E-state index in [1.165, 1.54) is 5.56 Å². The summed E-state index contributed by atoms with van der Waals surface area (Å²) >= 11 is 0. The van der Waals surface area contributed by atoms with Crippen molar-refractivity contribution in [1.82, 2.24) is 14.0 Å². The maximum Gasteiger partial charge on any atom is 0.286 e. The third-order valence-electron chi connectivity index (χ3n) is 5.61. The SMILES string of the molecule is CN(C)P(=O)(N(C)C)N1CCc2ccccc2C1C1(O)CCCC1. The molecule has 1 unspecified atom stereocenters. The fourth-order valence-electron chi connectivity index (χ4n) is 4.48. The average Bonchev–Trinajstić information content (AvgIpc) is 3.00. The molecule has 3 rings (SSSR count). The molecule has 0 bridgehead atoms. The summed E-state index contributed by atoms with van der Waals surface area (Å²) in [5.74, 6) is 0. The number of hydrogen-bond acceptors (Lipinski definition) is 2. The molecule has 1 saturated carbocycles. The normalized spacial score (nSPS) is 24.5. The quantitative estimate of drug-likeness (QED) is 0.845. The Morgan fingerprint density at radius 2 is 1.71 bits per heavy atom. The first-order valence-electron chi connectivity index (χ1n) is 8.83. The maximum atomic E-state index is 14.0. The van der Waals surface area contributed by atoms with Crippen LogP contribution < -0.4 is 0 Å². The van der Waals surface area contributed by atoms with Gasteiger partial charge in [0.05, 0.1) is 11.6 Å². The van der Waals surface area contributed by atoms with Crippen LogP contribution in [0.5, 0.6) is 0 Å². The van der Waals surface area contributed by atoms with E-state index in [9.17, 15) is 9.67 Å². The van der Waals surface area contributed by atoms with E-state index in [0.717, 1.165) is 37.7 Å². The molecule has 1 atom stereocenters.